The summed E-state index contributed by atoms with van der Waals surface area (Å²) in [6, 6.07) is 24.9. The van der Waals surface area contributed by atoms with Crippen LogP contribution >= 0.6 is 0 Å². The van der Waals surface area contributed by atoms with Crippen LogP contribution in [-0.4, -0.2) is 56.6 Å². The number of likely N-dealkylation sites (tertiary alicyclic amines) is 1. The van der Waals surface area contributed by atoms with E-state index in [9.17, 15) is 14.4 Å². The molecule has 1 fully saturated rings. The van der Waals surface area contributed by atoms with Gasteiger partial charge in [-0.1, -0.05) is 44.2 Å². The molecule has 1 saturated heterocycles. The highest BCUT2D eigenvalue weighted by Gasteiger charge is 2.28. The first-order chi connectivity index (χ1) is 22.9. The lowest BCUT2D eigenvalue weighted by Gasteiger charge is -2.33. The molecule has 11 nitrogen and oxygen atoms in total. The molecule has 0 radical (unpaired) electrons. The number of nitrogens with one attached hydrogen (secondary N) is 1. The molecule has 3 aromatic heterocycles. The zero-order valence-electron chi connectivity index (χ0n) is 26.4. The van der Waals surface area contributed by atoms with Crippen LogP contribution in [-0.2, 0) is 0 Å². The highest BCUT2D eigenvalue weighted by Crippen LogP contribution is 2.32. The molecule has 0 unspecified atom stereocenters. The Morgan fingerprint density at radius 1 is 0.894 bits per heavy atom. The summed E-state index contributed by atoms with van der Waals surface area (Å²) >= 11 is 0. The fourth-order valence-corrected chi connectivity index (χ4v) is 5.82. The number of nitrogens with zero attached hydrogens (tertiary/aromatic N) is 5. The van der Waals surface area contributed by atoms with Crippen LogP contribution in [0.4, 0.5) is 11.5 Å². The quantitative estimate of drug-likeness (QED) is 0.231. The van der Waals surface area contributed by atoms with Gasteiger partial charge in [0.05, 0.1) is 18.4 Å². The number of carbonyl (C=O) groups excluding carboxylic acids is 1. The molecular weight excluding hydrogens is 594 g/mol. The van der Waals surface area contributed by atoms with Gasteiger partial charge in [-0.15, -0.1) is 0 Å². The van der Waals surface area contributed by atoms with Gasteiger partial charge >= 0.3 is 0 Å². The maximum absolute atomic E-state index is 13.5. The van der Waals surface area contributed by atoms with Crippen LogP contribution in [0.3, 0.4) is 0 Å². The van der Waals surface area contributed by atoms with Gasteiger partial charge < -0.3 is 20.7 Å². The second-order valence-corrected chi connectivity index (χ2v) is 10.9. The molecule has 238 valence electrons. The number of fused-ring (bicyclic) bond motifs is 1. The number of pyridine rings is 2. The fraction of sp³-hybridized carbons (Fsp3) is 0.222. The van der Waals surface area contributed by atoms with E-state index in [4.69, 9.17) is 20.4 Å². The predicted molar refractivity (Wildman–Crippen MR) is 184 cm³/mol. The number of imidazole rings is 1. The number of methoxy groups -OCH3 is 1. The number of hydrogen-bond acceptors (Lipinski definition) is 9. The van der Waals surface area contributed by atoms with Crippen molar-refractivity contribution in [2.24, 2.45) is 0 Å². The Morgan fingerprint density at radius 2 is 1.62 bits per heavy atom. The molecule has 7 rings (SSSR count). The molecule has 0 atom stereocenters. The molecule has 4 heterocycles. The van der Waals surface area contributed by atoms with Crippen LogP contribution in [0.15, 0.2) is 94.6 Å². The van der Waals surface area contributed by atoms with Gasteiger partial charge in [-0.05, 0) is 61.4 Å². The summed E-state index contributed by atoms with van der Waals surface area (Å²) in [7, 11) is 1.37. The van der Waals surface area contributed by atoms with Gasteiger partial charge in [-0.3, -0.25) is 19.0 Å². The zero-order chi connectivity index (χ0) is 33.1. The number of carbonyl (C=O) groups is 1. The number of ether oxygens (including phenoxy) is 1. The summed E-state index contributed by atoms with van der Waals surface area (Å²) in [5.74, 6) is 0.943. The van der Waals surface area contributed by atoms with Gasteiger partial charge in [0.25, 0.3) is 16.8 Å². The van der Waals surface area contributed by atoms with Crippen LogP contribution in [0.25, 0.3) is 39.5 Å². The van der Waals surface area contributed by atoms with E-state index in [-0.39, 0.29) is 23.4 Å². The number of amides is 1. The monoisotopic (exact) mass is 629 g/mol. The number of rotatable bonds is 7. The first-order valence-electron chi connectivity index (χ1n) is 15.6. The second-order valence-electron chi connectivity index (χ2n) is 10.9. The number of hydrogen-bond donors (Lipinski definition) is 2. The lowest BCUT2D eigenvalue weighted by molar-refractivity contribution is 0.0718. The Balaban J connectivity index is 0.00000190. The number of nitrogen functional groups attached to an aromatic ring is 1. The van der Waals surface area contributed by atoms with Gasteiger partial charge in [0.2, 0.25) is 0 Å². The summed E-state index contributed by atoms with van der Waals surface area (Å²) in [5.41, 5.74) is 10.5. The molecule has 1 aliphatic heterocycles. The fourth-order valence-electron chi connectivity index (χ4n) is 5.82. The van der Waals surface area contributed by atoms with Gasteiger partial charge in [0.15, 0.2) is 17.2 Å². The maximum Gasteiger partial charge on any atom is 0.271 e. The van der Waals surface area contributed by atoms with Gasteiger partial charge in [0, 0.05) is 42.1 Å². The SMILES string of the molecule is CC.COc1c(NC2CCN(C(=O)c3ccc(-n4c(-c5cccnc5N)nc5ccc(-c6ccccc6)nc54)cc3)CC2)c(=O)c1=O. The van der Waals surface area contributed by atoms with Crippen LogP contribution in [0.2, 0.25) is 0 Å². The number of aromatic nitrogens is 4. The largest absolute Gasteiger partial charge is 0.491 e. The molecule has 0 saturated carbocycles. The maximum atomic E-state index is 13.5. The normalized spacial score (nSPS) is 13.3. The van der Waals surface area contributed by atoms with E-state index in [1.54, 1.807) is 23.2 Å². The Bertz CT molecular complexity index is 2110. The molecule has 11 heteroatoms. The highest BCUT2D eigenvalue weighted by molar-refractivity contribution is 5.94. The van der Waals surface area contributed by atoms with E-state index >= 15 is 0 Å². The molecular formula is C36H35N7O4. The molecule has 3 aromatic carbocycles. The van der Waals surface area contributed by atoms with E-state index in [0.717, 1.165) is 16.9 Å². The molecule has 0 aliphatic carbocycles. The Morgan fingerprint density at radius 3 is 2.30 bits per heavy atom. The van der Waals surface area contributed by atoms with Crippen LogP contribution in [0.1, 0.15) is 37.0 Å². The van der Waals surface area contributed by atoms with Crippen molar-refractivity contribution in [3.8, 4) is 34.1 Å². The molecule has 6 aromatic rings. The average Bonchev–Trinajstić information content (AvgIpc) is 3.51. The lowest BCUT2D eigenvalue weighted by Crippen LogP contribution is -2.44. The molecule has 1 aliphatic rings. The number of benzene rings is 2. The average molecular weight is 630 g/mol. The second kappa shape index (κ2) is 13.3. The van der Waals surface area contributed by atoms with Crippen molar-refractivity contribution in [2.75, 3.05) is 31.2 Å². The smallest absolute Gasteiger partial charge is 0.271 e. The minimum Gasteiger partial charge on any atom is -0.491 e. The first kappa shape index (κ1) is 31.2. The van der Waals surface area contributed by atoms with Crippen molar-refractivity contribution in [3.05, 3.63) is 111 Å². The summed E-state index contributed by atoms with van der Waals surface area (Å²) in [6.45, 7) is 5.03. The summed E-state index contributed by atoms with van der Waals surface area (Å²) < 4.78 is 6.97. The van der Waals surface area contributed by atoms with Gasteiger partial charge in [-0.25, -0.2) is 15.0 Å². The first-order valence-corrected chi connectivity index (χ1v) is 15.6. The third-order valence-corrected chi connectivity index (χ3v) is 8.23. The van der Waals surface area contributed by atoms with Gasteiger partial charge in [-0.2, -0.15) is 0 Å². The molecule has 47 heavy (non-hydrogen) atoms. The van der Waals surface area contributed by atoms with E-state index in [1.807, 2.05) is 85.1 Å². The van der Waals surface area contributed by atoms with Crippen LogP contribution in [0, 0.1) is 0 Å². The van der Waals surface area contributed by atoms with E-state index in [0.29, 0.717) is 59.9 Å². The topological polar surface area (TPSA) is 145 Å². The van der Waals surface area contributed by atoms with Crippen LogP contribution in [0.5, 0.6) is 5.75 Å². The summed E-state index contributed by atoms with van der Waals surface area (Å²) in [6.07, 6.45) is 2.91. The number of anilines is 2. The lowest BCUT2D eigenvalue weighted by atomic mass is 10.0. The minimum absolute atomic E-state index is 0.0326. The predicted octanol–water partition coefficient (Wildman–Crippen LogP) is 5.08. The summed E-state index contributed by atoms with van der Waals surface area (Å²) in [4.78, 5) is 53.0. The third kappa shape index (κ3) is 5.83. The minimum atomic E-state index is -0.608. The van der Waals surface area contributed by atoms with Crippen molar-refractivity contribution in [3.63, 3.8) is 0 Å². The van der Waals surface area contributed by atoms with Crippen molar-refractivity contribution in [1.82, 2.24) is 24.4 Å². The summed E-state index contributed by atoms with van der Waals surface area (Å²) in [5, 5.41) is 3.13. The zero-order valence-corrected chi connectivity index (χ0v) is 26.4. The third-order valence-electron chi connectivity index (χ3n) is 8.23. The Labute approximate surface area is 271 Å². The molecule has 0 spiro atoms. The van der Waals surface area contributed by atoms with Crippen molar-refractivity contribution >= 4 is 28.6 Å². The Hall–Kier alpha value is -5.84. The highest BCUT2D eigenvalue weighted by atomic mass is 16.5. The number of nitrogens with two attached hydrogens (primary N) is 1. The van der Waals surface area contributed by atoms with Crippen LogP contribution < -0.4 is 26.6 Å². The van der Waals surface area contributed by atoms with E-state index in [2.05, 4.69) is 10.3 Å². The molecule has 1 amide bonds. The van der Waals surface area contributed by atoms with Crippen molar-refractivity contribution < 1.29 is 9.53 Å². The molecule has 3 N–H and O–H groups in total. The van der Waals surface area contributed by atoms with Gasteiger partial charge in [0.1, 0.15) is 17.0 Å². The van der Waals surface area contributed by atoms with Crippen molar-refractivity contribution in [2.45, 2.75) is 32.7 Å². The molecule has 0 bridgehead atoms. The standard InChI is InChI=1S/C34H29N7O4.C2H6/c1-45-30-27(28(42)29(30)43)37-22-15-18-40(19-16-22)34(44)21-9-11-23(12-10-21)41-32(24-8-5-17-36-31(24)35)39-26-14-13-25(38-33(26)41)20-6-3-2-4-7-20;1-2/h2-14,17,22,37H,15-16,18-19H2,1H3,(H2,35,36);1-2H3. The van der Waals surface area contributed by atoms with Crippen molar-refractivity contribution in [1.29, 1.82) is 0 Å². The number of piperidine rings is 1. The van der Waals surface area contributed by atoms with E-state index in [1.165, 1.54) is 7.11 Å². The Kier molecular flexibility index (Phi) is 8.79. The van der Waals surface area contributed by atoms with E-state index < -0.39 is 10.9 Å².